The molecule has 108 valence electrons. The fraction of sp³-hybridized carbons (Fsp3) is 0.294. The SMILES string of the molecule is C=C(C)C(=O)Oc1ccc2c(c1)OC1CCCC(=O)C1=C2. The zero-order chi connectivity index (χ0) is 15.0. The number of fused-ring (bicyclic) bond motifs is 2. The van der Waals surface area contributed by atoms with E-state index in [2.05, 4.69) is 6.58 Å². The molecule has 0 spiro atoms. The molecule has 4 nitrogen and oxygen atoms in total. The van der Waals surface area contributed by atoms with Crippen molar-refractivity contribution in [2.75, 3.05) is 0 Å². The molecule has 4 heteroatoms. The molecular weight excluding hydrogens is 268 g/mol. The number of ether oxygens (including phenoxy) is 2. The fourth-order valence-corrected chi connectivity index (χ4v) is 2.54. The highest BCUT2D eigenvalue weighted by atomic mass is 16.5. The van der Waals surface area contributed by atoms with Gasteiger partial charge in [0.1, 0.15) is 17.6 Å². The Hall–Kier alpha value is -2.36. The lowest BCUT2D eigenvalue weighted by Crippen LogP contribution is -2.31. The van der Waals surface area contributed by atoms with Crippen molar-refractivity contribution < 1.29 is 19.1 Å². The van der Waals surface area contributed by atoms with E-state index in [1.807, 2.05) is 6.08 Å². The van der Waals surface area contributed by atoms with Gasteiger partial charge in [0.25, 0.3) is 0 Å². The van der Waals surface area contributed by atoms with Gasteiger partial charge in [-0.15, -0.1) is 0 Å². The molecule has 1 aliphatic carbocycles. The van der Waals surface area contributed by atoms with Gasteiger partial charge in [0, 0.05) is 29.2 Å². The highest BCUT2D eigenvalue weighted by Crippen LogP contribution is 2.37. The Kier molecular flexibility index (Phi) is 3.37. The lowest BCUT2D eigenvalue weighted by Gasteiger charge is -2.29. The Bertz CT molecular complexity index is 669. The van der Waals surface area contributed by atoms with Gasteiger partial charge in [-0.25, -0.2) is 4.79 Å². The van der Waals surface area contributed by atoms with Crippen molar-refractivity contribution in [3.8, 4) is 11.5 Å². The first-order chi connectivity index (χ1) is 10.0. The molecule has 1 saturated carbocycles. The lowest BCUT2D eigenvalue weighted by molar-refractivity contribution is -0.130. The second-order valence-electron chi connectivity index (χ2n) is 5.39. The fourth-order valence-electron chi connectivity index (χ4n) is 2.54. The first kappa shape index (κ1) is 13.6. The molecule has 0 radical (unpaired) electrons. The summed E-state index contributed by atoms with van der Waals surface area (Å²) < 4.78 is 11.1. The van der Waals surface area contributed by atoms with Crippen molar-refractivity contribution in [1.82, 2.24) is 0 Å². The van der Waals surface area contributed by atoms with Crippen LogP contribution in [0.1, 0.15) is 31.7 Å². The van der Waals surface area contributed by atoms with E-state index in [1.54, 1.807) is 25.1 Å². The number of ketones is 1. The van der Waals surface area contributed by atoms with E-state index in [4.69, 9.17) is 9.47 Å². The number of Topliss-reactive ketones (excluding diaryl/α,β-unsaturated/α-hetero) is 1. The summed E-state index contributed by atoms with van der Waals surface area (Å²) >= 11 is 0. The molecule has 1 aliphatic heterocycles. The lowest BCUT2D eigenvalue weighted by atomic mass is 9.87. The van der Waals surface area contributed by atoms with Crippen LogP contribution in [0.2, 0.25) is 0 Å². The third-order valence-corrected chi connectivity index (χ3v) is 3.66. The smallest absolute Gasteiger partial charge is 0.338 e. The van der Waals surface area contributed by atoms with E-state index in [-0.39, 0.29) is 11.9 Å². The topological polar surface area (TPSA) is 52.6 Å². The average Bonchev–Trinajstić information content (AvgIpc) is 2.45. The second kappa shape index (κ2) is 5.20. The van der Waals surface area contributed by atoms with Crippen molar-refractivity contribution in [1.29, 1.82) is 0 Å². The van der Waals surface area contributed by atoms with Crippen LogP contribution in [-0.4, -0.2) is 17.9 Å². The molecule has 3 rings (SSSR count). The number of benzene rings is 1. The molecule has 1 aromatic carbocycles. The monoisotopic (exact) mass is 284 g/mol. The highest BCUT2D eigenvalue weighted by molar-refractivity contribution is 6.02. The molecule has 0 saturated heterocycles. The molecule has 21 heavy (non-hydrogen) atoms. The van der Waals surface area contributed by atoms with Gasteiger partial charge < -0.3 is 9.47 Å². The summed E-state index contributed by atoms with van der Waals surface area (Å²) in [4.78, 5) is 23.4. The van der Waals surface area contributed by atoms with Gasteiger partial charge in [0.15, 0.2) is 5.78 Å². The minimum atomic E-state index is -0.463. The summed E-state index contributed by atoms with van der Waals surface area (Å²) in [6.45, 7) is 5.15. The first-order valence-corrected chi connectivity index (χ1v) is 6.98. The van der Waals surface area contributed by atoms with Crippen LogP contribution in [0.5, 0.6) is 11.5 Å². The quantitative estimate of drug-likeness (QED) is 0.476. The maximum atomic E-state index is 11.9. The van der Waals surface area contributed by atoms with E-state index < -0.39 is 5.97 Å². The molecule has 0 aromatic heterocycles. The summed E-state index contributed by atoms with van der Waals surface area (Å²) in [5.41, 5.74) is 1.93. The first-order valence-electron chi connectivity index (χ1n) is 6.98. The maximum absolute atomic E-state index is 11.9. The van der Waals surface area contributed by atoms with Crippen LogP contribution < -0.4 is 9.47 Å². The molecule has 1 atom stereocenters. The summed E-state index contributed by atoms with van der Waals surface area (Å²) in [7, 11) is 0. The third-order valence-electron chi connectivity index (χ3n) is 3.66. The van der Waals surface area contributed by atoms with Crippen LogP contribution >= 0.6 is 0 Å². The number of rotatable bonds is 2. The molecule has 1 aromatic rings. The molecule has 1 fully saturated rings. The van der Waals surface area contributed by atoms with Crippen molar-refractivity contribution >= 4 is 17.8 Å². The van der Waals surface area contributed by atoms with Crippen molar-refractivity contribution in [2.24, 2.45) is 0 Å². The number of carbonyl (C=O) groups excluding carboxylic acids is 2. The number of carbonyl (C=O) groups is 2. The predicted molar refractivity (Wildman–Crippen MR) is 78.1 cm³/mol. The van der Waals surface area contributed by atoms with Gasteiger partial charge in [0.2, 0.25) is 0 Å². The third kappa shape index (κ3) is 2.61. The van der Waals surface area contributed by atoms with Gasteiger partial charge >= 0.3 is 5.97 Å². The Balaban J connectivity index is 1.89. The van der Waals surface area contributed by atoms with Crippen LogP contribution in [0.3, 0.4) is 0 Å². The molecule has 2 aliphatic rings. The minimum absolute atomic E-state index is 0.162. The molecule has 0 N–H and O–H groups in total. The zero-order valence-corrected chi connectivity index (χ0v) is 11.8. The van der Waals surface area contributed by atoms with E-state index in [9.17, 15) is 9.59 Å². The van der Waals surface area contributed by atoms with Crippen LogP contribution in [0.4, 0.5) is 0 Å². The van der Waals surface area contributed by atoms with Crippen molar-refractivity contribution in [3.63, 3.8) is 0 Å². The van der Waals surface area contributed by atoms with Gasteiger partial charge in [-0.3, -0.25) is 4.79 Å². The van der Waals surface area contributed by atoms with E-state index >= 15 is 0 Å². The molecule has 1 heterocycles. The second-order valence-corrected chi connectivity index (χ2v) is 5.39. The number of hydrogen-bond donors (Lipinski definition) is 0. The minimum Gasteiger partial charge on any atom is -0.485 e. The van der Waals surface area contributed by atoms with Gasteiger partial charge in [-0.2, -0.15) is 0 Å². The standard InChI is InChI=1S/C17H16O4/c1-10(2)17(19)20-12-7-6-11-8-13-14(18)4-3-5-15(13)21-16(11)9-12/h6-9,15H,1,3-5H2,2H3. The van der Waals surface area contributed by atoms with Gasteiger partial charge in [0.05, 0.1) is 0 Å². The number of hydrogen-bond acceptors (Lipinski definition) is 4. The number of esters is 1. The molecule has 0 bridgehead atoms. The molecule has 0 amide bonds. The average molecular weight is 284 g/mol. The zero-order valence-electron chi connectivity index (χ0n) is 11.8. The van der Waals surface area contributed by atoms with Crippen LogP contribution in [0, 0.1) is 0 Å². The highest BCUT2D eigenvalue weighted by Gasteiger charge is 2.31. The summed E-state index contributed by atoms with van der Waals surface area (Å²) in [5.74, 6) is 0.760. The summed E-state index contributed by atoms with van der Waals surface area (Å²) in [6, 6.07) is 5.16. The van der Waals surface area contributed by atoms with Crippen LogP contribution in [0.15, 0.2) is 35.9 Å². The Morgan fingerprint density at radius 2 is 2.24 bits per heavy atom. The summed E-state index contributed by atoms with van der Waals surface area (Å²) in [6.07, 6.45) is 3.99. The van der Waals surface area contributed by atoms with E-state index in [0.29, 0.717) is 23.5 Å². The molecular formula is C17H16O4. The van der Waals surface area contributed by atoms with Crippen molar-refractivity contribution in [2.45, 2.75) is 32.3 Å². The molecule has 1 unspecified atom stereocenters. The van der Waals surface area contributed by atoms with Crippen molar-refractivity contribution in [3.05, 3.63) is 41.5 Å². The summed E-state index contributed by atoms with van der Waals surface area (Å²) in [5, 5.41) is 0. The van der Waals surface area contributed by atoms with Gasteiger partial charge in [-0.1, -0.05) is 6.58 Å². The van der Waals surface area contributed by atoms with Crippen LogP contribution in [0.25, 0.3) is 6.08 Å². The predicted octanol–water partition coefficient (Wildman–Crippen LogP) is 3.07. The Morgan fingerprint density at radius 3 is 3.00 bits per heavy atom. The Morgan fingerprint density at radius 1 is 1.43 bits per heavy atom. The maximum Gasteiger partial charge on any atom is 0.338 e. The van der Waals surface area contributed by atoms with E-state index in [0.717, 1.165) is 24.0 Å². The van der Waals surface area contributed by atoms with Gasteiger partial charge in [-0.05, 0) is 38.0 Å². The largest absolute Gasteiger partial charge is 0.485 e. The van der Waals surface area contributed by atoms with Crippen LogP contribution in [-0.2, 0) is 9.59 Å². The van der Waals surface area contributed by atoms with E-state index in [1.165, 1.54) is 0 Å². The Labute approximate surface area is 123 Å². The normalized spacial score (nSPS) is 19.8.